The Morgan fingerprint density at radius 3 is 2.03 bits per heavy atom. The van der Waals surface area contributed by atoms with Crippen LogP contribution in [0.5, 0.6) is 0 Å². The Morgan fingerprint density at radius 1 is 1.10 bits per heavy atom. The van der Waals surface area contributed by atoms with E-state index in [-0.39, 0.29) is 11.5 Å². The summed E-state index contributed by atoms with van der Waals surface area (Å²) >= 11 is 0. The summed E-state index contributed by atoms with van der Waals surface area (Å²) in [5, 5.41) is -1.24. The highest BCUT2D eigenvalue weighted by atomic mass is 32.2. The molecule has 1 aliphatic rings. The van der Waals surface area contributed by atoms with E-state index < -0.39 is 25.9 Å². The van der Waals surface area contributed by atoms with Crippen molar-refractivity contribution < 1.29 is 17.9 Å². The Hall–Kier alpha value is -1.82. The average molecular weight is 422 g/mol. The monoisotopic (exact) mass is 421 g/mol. The molecule has 1 fully saturated rings. The van der Waals surface area contributed by atoms with Gasteiger partial charge in [0.2, 0.25) is 0 Å². The van der Waals surface area contributed by atoms with Gasteiger partial charge in [0.1, 0.15) is 10.9 Å². The summed E-state index contributed by atoms with van der Waals surface area (Å²) in [6, 6.07) is 7.76. The number of amides is 1. The number of rotatable bonds is 4. The third kappa shape index (κ3) is 5.84. The topological polar surface area (TPSA) is 63.7 Å². The molecule has 162 valence electrons. The molecule has 0 spiro atoms. The van der Waals surface area contributed by atoms with Gasteiger partial charge in [0, 0.05) is 13.1 Å². The minimum atomic E-state index is -3.46. The van der Waals surface area contributed by atoms with E-state index in [1.54, 1.807) is 4.90 Å². The Labute approximate surface area is 176 Å². The molecule has 1 atom stereocenters. The van der Waals surface area contributed by atoms with Crippen LogP contribution in [0.3, 0.4) is 0 Å². The number of nitrogens with zero attached hydrogens (tertiary/aromatic N) is 1. The SMILES string of the molecule is C=CC(c1ccc(C(C)(C)C)cc1)S(=O)(=O)C1CCN(C(=O)OC(C)(C)C)CC1. The van der Waals surface area contributed by atoms with Crippen molar-refractivity contribution >= 4 is 15.9 Å². The van der Waals surface area contributed by atoms with Crippen molar-refractivity contribution in [2.75, 3.05) is 13.1 Å². The summed E-state index contributed by atoms with van der Waals surface area (Å²) in [7, 11) is -3.46. The molecule has 0 aromatic heterocycles. The van der Waals surface area contributed by atoms with Gasteiger partial charge in [-0.1, -0.05) is 51.1 Å². The number of hydrogen-bond donors (Lipinski definition) is 0. The standard InChI is InChI=1S/C23H35NO4S/c1-8-20(17-9-11-18(12-10-17)22(2,3)4)29(26,27)19-13-15-24(16-14-19)21(25)28-23(5,6)7/h8-12,19-20H,1,13-16H2,2-7H3. The zero-order chi connectivity index (χ0) is 22.0. The second-order valence-corrected chi connectivity index (χ2v) is 12.1. The van der Waals surface area contributed by atoms with E-state index in [9.17, 15) is 13.2 Å². The third-order valence-corrected chi connectivity index (χ3v) is 7.80. The predicted octanol–water partition coefficient (Wildman–Crippen LogP) is 5.03. The lowest BCUT2D eigenvalue weighted by Gasteiger charge is -2.34. The van der Waals surface area contributed by atoms with Crippen molar-refractivity contribution in [3.05, 3.63) is 48.0 Å². The van der Waals surface area contributed by atoms with E-state index in [4.69, 9.17) is 4.74 Å². The molecular weight excluding hydrogens is 386 g/mol. The quantitative estimate of drug-likeness (QED) is 0.640. The van der Waals surface area contributed by atoms with Gasteiger partial charge in [-0.25, -0.2) is 13.2 Å². The molecule has 1 amide bonds. The maximum atomic E-state index is 13.3. The van der Waals surface area contributed by atoms with Gasteiger partial charge in [0.05, 0.1) is 5.25 Å². The first-order chi connectivity index (χ1) is 13.3. The van der Waals surface area contributed by atoms with Crippen LogP contribution in [-0.2, 0) is 20.0 Å². The molecule has 5 nitrogen and oxygen atoms in total. The zero-order valence-corrected chi connectivity index (χ0v) is 19.4. The van der Waals surface area contributed by atoms with Crippen LogP contribution in [0, 0.1) is 0 Å². The summed E-state index contributed by atoms with van der Waals surface area (Å²) in [4.78, 5) is 13.8. The molecule has 6 heteroatoms. The van der Waals surface area contributed by atoms with Crippen molar-refractivity contribution in [1.82, 2.24) is 4.90 Å². The number of piperidine rings is 1. The number of likely N-dealkylation sites (tertiary alicyclic amines) is 1. The van der Waals surface area contributed by atoms with Crippen molar-refractivity contribution in [1.29, 1.82) is 0 Å². The second kappa shape index (κ2) is 8.50. The van der Waals surface area contributed by atoms with Gasteiger partial charge in [-0.05, 0) is 50.2 Å². The largest absolute Gasteiger partial charge is 0.444 e. The number of carbonyl (C=O) groups excluding carboxylic acids is 1. The van der Waals surface area contributed by atoms with Crippen molar-refractivity contribution in [3.8, 4) is 0 Å². The van der Waals surface area contributed by atoms with E-state index in [1.807, 2.05) is 45.0 Å². The Bertz CT molecular complexity index is 821. The van der Waals surface area contributed by atoms with E-state index in [2.05, 4.69) is 27.4 Å². The molecule has 0 saturated carbocycles. The molecular formula is C23H35NO4S. The summed E-state index contributed by atoms with van der Waals surface area (Å²) in [5.41, 5.74) is 1.35. The third-order valence-electron chi connectivity index (χ3n) is 5.23. The first-order valence-corrected chi connectivity index (χ1v) is 11.8. The van der Waals surface area contributed by atoms with E-state index in [1.165, 1.54) is 6.08 Å². The van der Waals surface area contributed by atoms with E-state index in [0.717, 1.165) is 11.1 Å². The molecule has 0 bridgehead atoms. The van der Waals surface area contributed by atoms with Crippen molar-refractivity contribution in [3.63, 3.8) is 0 Å². The van der Waals surface area contributed by atoms with Crippen LogP contribution >= 0.6 is 0 Å². The summed E-state index contributed by atoms with van der Waals surface area (Å²) < 4.78 is 32.0. The maximum Gasteiger partial charge on any atom is 0.410 e. The predicted molar refractivity (Wildman–Crippen MR) is 118 cm³/mol. The van der Waals surface area contributed by atoms with Gasteiger partial charge in [-0.15, -0.1) is 6.58 Å². The Kier molecular flexibility index (Phi) is 6.88. The molecule has 1 aromatic rings. The second-order valence-electron chi connectivity index (χ2n) is 9.78. The average Bonchev–Trinajstić information content (AvgIpc) is 2.60. The molecule has 1 aliphatic heterocycles. The molecule has 29 heavy (non-hydrogen) atoms. The maximum absolute atomic E-state index is 13.3. The number of sulfone groups is 1. The zero-order valence-electron chi connectivity index (χ0n) is 18.6. The highest BCUT2D eigenvalue weighted by molar-refractivity contribution is 7.92. The van der Waals surface area contributed by atoms with Crippen molar-refractivity contribution in [2.24, 2.45) is 0 Å². The number of benzene rings is 1. The highest BCUT2D eigenvalue weighted by Gasteiger charge is 2.37. The smallest absolute Gasteiger partial charge is 0.410 e. The van der Waals surface area contributed by atoms with Crippen LogP contribution in [0.4, 0.5) is 4.79 Å². The van der Waals surface area contributed by atoms with Crippen LogP contribution < -0.4 is 0 Å². The van der Waals surface area contributed by atoms with E-state index in [0.29, 0.717) is 25.9 Å². The van der Waals surface area contributed by atoms with Gasteiger partial charge >= 0.3 is 6.09 Å². The minimum Gasteiger partial charge on any atom is -0.444 e. The lowest BCUT2D eigenvalue weighted by atomic mass is 9.86. The van der Waals surface area contributed by atoms with Crippen molar-refractivity contribution in [2.45, 2.75) is 75.9 Å². The van der Waals surface area contributed by atoms with Gasteiger partial charge in [0.25, 0.3) is 0 Å². The molecule has 0 N–H and O–H groups in total. The minimum absolute atomic E-state index is 0.00950. The Balaban J connectivity index is 2.11. The fourth-order valence-electron chi connectivity index (χ4n) is 3.53. The highest BCUT2D eigenvalue weighted by Crippen LogP contribution is 2.33. The summed E-state index contributed by atoms with van der Waals surface area (Å²) in [5.74, 6) is 0. The molecule has 0 radical (unpaired) electrons. The lowest BCUT2D eigenvalue weighted by Crippen LogP contribution is -2.45. The number of hydrogen-bond acceptors (Lipinski definition) is 4. The number of ether oxygens (including phenoxy) is 1. The van der Waals surface area contributed by atoms with Gasteiger partial charge in [-0.2, -0.15) is 0 Å². The molecule has 1 heterocycles. The molecule has 1 saturated heterocycles. The van der Waals surface area contributed by atoms with Crippen LogP contribution in [0.2, 0.25) is 0 Å². The molecule has 0 aliphatic carbocycles. The fraction of sp³-hybridized carbons (Fsp3) is 0.609. The van der Waals surface area contributed by atoms with E-state index >= 15 is 0 Å². The molecule has 1 aromatic carbocycles. The lowest BCUT2D eigenvalue weighted by molar-refractivity contribution is 0.0217. The summed E-state index contributed by atoms with van der Waals surface area (Å²) in [6.07, 6.45) is 1.95. The molecule has 1 unspecified atom stereocenters. The number of carbonyl (C=O) groups is 1. The van der Waals surface area contributed by atoms with Gasteiger partial charge in [0.15, 0.2) is 9.84 Å². The van der Waals surface area contributed by atoms with Crippen LogP contribution in [-0.4, -0.2) is 43.4 Å². The van der Waals surface area contributed by atoms with Gasteiger partial charge < -0.3 is 9.64 Å². The Morgan fingerprint density at radius 2 is 1.62 bits per heavy atom. The van der Waals surface area contributed by atoms with Crippen LogP contribution in [0.1, 0.15) is 70.8 Å². The first-order valence-electron chi connectivity index (χ1n) is 10.2. The summed E-state index contributed by atoms with van der Waals surface area (Å²) in [6.45, 7) is 16.4. The fourth-order valence-corrected chi connectivity index (χ4v) is 5.62. The normalized spacial score (nSPS) is 17.7. The van der Waals surface area contributed by atoms with Gasteiger partial charge in [-0.3, -0.25) is 0 Å². The molecule has 2 rings (SSSR count). The van der Waals surface area contributed by atoms with Crippen LogP contribution in [0.15, 0.2) is 36.9 Å². The van der Waals surface area contributed by atoms with Crippen LogP contribution in [0.25, 0.3) is 0 Å². The first kappa shape index (κ1) is 23.5.